The number of amides is 1. The Morgan fingerprint density at radius 1 is 1.24 bits per heavy atom. The summed E-state index contributed by atoms with van der Waals surface area (Å²) in [6, 6.07) is 2.43. The van der Waals surface area contributed by atoms with Gasteiger partial charge < -0.3 is 5.32 Å². The van der Waals surface area contributed by atoms with E-state index in [1.807, 2.05) is 13.8 Å². The molecule has 2 nitrogen and oxygen atoms in total. The smallest absolute Gasteiger partial charge is 0.252 e. The molecule has 0 aliphatic heterocycles. The van der Waals surface area contributed by atoms with E-state index in [-0.39, 0.29) is 11.9 Å². The lowest BCUT2D eigenvalue weighted by Gasteiger charge is -2.33. The second-order valence-electron chi connectivity index (χ2n) is 9.38. The monoisotopic (exact) mass is 395 g/mol. The summed E-state index contributed by atoms with van der Waals surface area (Å²) in [7, 11) is 0. The van der Waals surface area contributed by atoms with Crippen molar-refractivity contribution in [1.29, 1.82) is 0 Å². The van der Waals surface area contributed by atoms with Crippen LogP contribution >= 0.6 is 0 Å². The Morgan fingerprint density at radius 3 is 2.52 bits per heavy atom. The van der Waals surface area contributed by atoms with Gasteiger partial charge in [0.05, 0.1) is 0 Å². The first-order valence-electron chi connectivity index (χ1n) is 11.4. The zero-order chi connectivity index (χ0) is 21.7. The molecule has 0 aromatic heterocycles. The van der Waals surface area contributed by atoms with Crippen LogP contribution < -0.4 is 5.32 Å². The van der Waals surface area contributed by atoms with Crippen molar-refractivity contribution in [3.05, 3.63) is 57.7 Å². The van der Waals surface area contributed by atoms with Gasteiger partial charge in [-0.15, -0.1) is 0 Å². The van der Waals surface area contributed by atoms with Crippen molar-refractivity contribution >= 4 is 5.91 Å². The Morgan fingerprint density at radius 2 is 1.93 bits per heavy atom. The maximum Gasteiger partial charge on any atom is 0.252 e. The quantitative estimate of drug-likeness (QED) is 0.366. The lowest BCUT2D eigenvalue weighted by molar-refractivity contribution is 0.0941. The molecule has 0 spiro atoms. The van der Waals surface area contributed by atoms with Gasteiger partial charge in [0, 0.05) is 17.5 Å². The molecular weight excluding hydrogens is 354 g/mol. The molecule has 0 unspecified atom stereocenters. The van der Waals surface area contributed by atoms with Gasteiger partial charge in [0.2, 0.25) is 0 Å². The van der Waals surface area contributed by atoms with Gasteiger partial charge in [-0.25, -0.2) is 0 Å². The molecular formula is C27H41NO. The van der Waals surface area contributed by atoms with Crippen molar-refractivity contribution in [3.8, 4) is 0 Å². The first kappa shape index (κ1) is 23.4. The van der Waals surface area contributed by atoms with Gasteiger partial charge in [0.1, 0.15) is 0 Å². The van der Waals surface area contributed by atoms with E-state index in [0.29, 0.717) is 11.8 Å². The molecule has 1 aliphatic carbocycles. The Kier molecular flexibility index (Phi) is 8.31. The Labute approximate surface area is 178 Å². The second-order valence-corrected chi connectivity index (χ2v) is 9.38. The molecule has 1 aromatic carbocycles. The average Bonchev–Trinajstić information content (AvgIpc) is 2.60. The average molecular weight is 396 g/mol. The van der Waals surface area contributed by atoms with Gasteiger partial charge in [-0.3, -0.25) is 4.79 Å². The highest BCUT2D eigenvalue weighted by molar-refractivity contribution is 5.98. The first-order chi connectivity index (χ1) is 13.7. The molecule has 2 heteroatoms. The number of carbonyl (C=O) groups is 1. The van der Waals surface area contributed by atoms with E-state index >= 15 is 0 Å². The summed E-state index contributed by atoms with van der Waals surface area (Å²) >= 11 is 0. The highest BCUT2D eigenvalue weighted by Crippen LogP contribution is 2.43. The molecule has 1 aromatic rings. The summed E-state index contributed by atoms with van der Waals surface area (Å²) in [5, 5.41) is 3.15. The van der Waals surface area contributed by atoms with Crippen LogP contribution in [0.1, 0.15) is 105 Å². The fourth-order valence-electron chi connectivity index (χ4n) is 4.91. The first-order valence-corrected chi connectivity index (χ1v) is 11.4. The zero-order valence-corrected chi connectivity index (χ0v) is 19.7. The van der Waals surface area contributed by atoms with Gasteiger partial charge in [-0.1, -0.05) is 49.6 Å². The van der Waals surface area contributed by atoms with E-state index in [1.54, 1.807) is 0 Å². The van der Waals surface area contributed by atoms with Crippen LogP contribution in [0, 0.1) is 19.8 Å². The van der Waals surface area contributed by atoms with Crippen LogP contribution in [0.2, 0.25) is 0 Å². The molecule has 160 valence electrons. The third kappa shape index (κ3) is 5.62. The molecule has 0 saturated carbocycles. The molecule has 0 fully saturated rings. The Hall–Kier alpha value is -1.83. The topological polar surface area (TPSA) is 29.1 Å². The highest BCUT2D eigenvalue weighted by Gasteiger charge is 2.30. The molecule has 0 bridgehead atoms. The third-order valence-electron chi connectivity index (χ3n) is 6.33. The summed E-state index contributed by atoms with van der Waals surface area (Å²) in [4.78, 5) is 13.2. The number of allylic oxidation sites excluding steroid dienone is 3. The fourth-order valence-corrected chi connectivity index (χ4v) is 4.91. The van der Waals surface area contributed by atoms with Gasteiger partial charge in [-0.2, -0.15) is 0 Å². The van der Waals surface area contributed by atoms with Crippen LogP contribution in [0.25, 0.3) is 0 Å². The zero-order valence-electron chi connectivity index (χ0n) is 19.7. The highest BCUT2D eigenvalue weighted by atomic mass is 16.1. The van der Waals surface area contributed by atoms with E-state index in [4.69, 9.17) is 0 Å². The number of unbranched alkanes of at least 4 members (excludes halogenated alkanes) is 2. The van der Waals surface area contributed by atoms with Crippen molar-refractivity contribution in [2.75, 3.05) is 0 Å². The minimum Gasteiger partial charge on any atom is -0.350 e. The number of hydrogen-bond donors (Lipinski definition) is 1. The minimum atomic E-state index is 0.0774. The standard InChI is InChI=1S/C27H41NO/c1-9-10-11-12-22-16-20(7)25(21(8)26(22)27(29)28-18(4)5)24-15-19(6)13-14-23(24)17(2)3/h15-16,18,23-24H,2,9-14H2,1,3-8H3,(H,28,29)/t23-,24+/m0/s1. The van der Waals surface area contributed by atoms with E-state index < -0.39 is 0 Å². The van der Waals surface area contributed by atoms with Gasteiger partial charge in [0.15, 0.2) is 0 Å². The van der Waals surface area contributed by atoms with E-state index in [1.165, 1.54) is 40.7 Å². The summed E-state index contributed by atoms with van der Waals surface area (Å²) in [6.07, 6.45) is 9.21. The maximum atomic E-state index is 13.2. The molecule has 1 amide bonds. The van der Waals surface area contributed by atoms with Crippen molar-refractivity contribution in [1.82, 2.24) is 5.32 Å². The van der Waals surface area contributed by atoms with Gasteiger partial charge >= 0.3 is 0 Å². The van der Waals surface area contributed by atoms with Crippen LogP contribution in [-0.2, 0) is 6.42 Å². The molecule has 0 saturated heterocycles. The van der Waals surface area contributed by atoms with Crippen molar-refractivity contribution in [2.45, 2.75) is 99.0 Å². The Balaban J connectivity index is 2.62. The number of carbonyl (C=O) groups excluding carboxylic acids is 1. The summed E-state index contributed by atoms with van der Waals surface area (Å²) < 4.78 is 0. The number of rotatable bonds is 8. The molecule has 1 aliphatic rings. The fraction of sp³-hybridized carbons (Fsp3) is 0.593. The molecule has 0 heterocycles. The van der Waals surface area contributed by atoms with Crippen LogP contribution in [0.4, 0.5) is 0 Å². The van der Waals surface area contributed by atoms with Crippen LogP contribution in [0.15, 0.2) is 29.9 Å². The molecule has 2 atom stereocenters. The minimum absolute atomic E-state index is 0.0774. The number of aryl methyl sites for hydroxylation is 2. The number of hydrogen-bond acceptors (Lipinski definition) is 1. The van der Waals surface area contributed by atoms with Crippen LogP contribution in [-0.4, -0.2) is 11.9 Å². The largest absolute Gasteiger partial charge is 0.350 e. The van der Waals surface area contributed by atoms with Crippen LogP contribution in [0.3, 0.4) is 0 Å². The normalized spacial score (nSPS) is 19.2. The summed E-state index contributed by atoms with van der Waals surface area (Å²) in [6.45, 7) is 19.4. The predicted molar refractivity (Wildman–Crippen MR) is 126 cm³/mol. The SMILES string of the molecule is C=C(C)[C@@H]1CCC(C)=C[C@H]1c1c(C)cc(CCCCC)c(C(=O)NC(C)C)c1C. The molecule has 2 rings (SSSR count). The molecule has 0 radical (unpaired) electrons. The third-order valence-corrected chi connectivity index (χ3v) is 6.33. The second kappa shape index (κ2) is 10.3. The van der Waals surface area contributed by atoms with Crippen molar-refractivity contribution < 1.29 is 4.79 Å². The van der Waals surface area contributed by atoms with Crippen molar-refractivity contribution in [3.63, 3.8) is 0 Å². The summed E-state index contributed by atoms with van der Waals surface area (Å²) in [5.74, 6) is 0.841. The van der Waals surface area contributed by atoms with E-state index in [9.17, 15) is 4.79 Å². The lowest BCUT2D eigenvalue weighted by Crippen LogP contribution is -2.32. The molecule has 29 heavy (non-hydrogen) atoms. The van der Waals surface area contributed by atoms with Gasteiger partial charge in [0.25, 0.3) is 5.91 Å². The van der Waals surface area contributed by atoms with Crippen LogP contribution in [0.5, 0.6) is 0 Å². The lowest BCUT2D eigenvalue weighted by atomic mass is 9.71. The summed E-state index contributed by atoms with van der Waals surface area (Å²) in [5.41, 5.74) is 8.63. The predicted octanol–water partition coefficient (Wildman–Crippen LogP) is 7.19. The van der Waals surface area contributed by atoms with Gasteiger partial charge in [-0.05, 0) is 95.4 Å². The number of nitrogens with one attached hydrogen (secondary N) is 1. The van der Waals surface area contributed by atoms with Crippen molar-refractivity contribution in [2.24, 2.45) is 5.92 Å². The van der Waals surface area contributed by atoms with E-state index in [2.05, 4.69) is 58.7 Å². The Bertz CT molecular complexity index is 784. The molecule has 1 N–H and O–H groups in total. The maximum absolute atomic E-state index is 13.2. The van der Waals surface area contributed by atoms with E-state index in [0.717, 1.165) is 36.8 Å². The number of benzene rings is 1.